The summed E-state index contributed by atoms with van der Waals surface area (Å²) < 4.78 is 5.33. The first-order valence-corrected chi connectivity index (χ1v) is 5.62. The Morgan fingerprint density at radius 3 is 2.88 bits per heavy atom. The molecule has 2 aromatic rings. The molecule has 0 aliphatic heterocycles. The van der Waals surface area contributed by atoms with E-state index in [0.29, 0.717) is 0 Å². The van der Waals surface area contributed by atoms with E-state index < -0.39 is 0 Å². The van der Waals surface area contributed by atoms with Crippen molar-refractivity contribution in [1.82, 2.24) is 9.88 Å². The molecule has 0 spiro atoms. The topological polar surface area (TPSA) is 41.3 Å². The van der Waals surface area contributed by atoms with Gasteiger partial charge in [-0.25, -0.2) is 4.98 Å². The molecule has 0 amide bonds. The second kappa shape index (κ2) is 5.50. The van der Waals surface area contributed by atoms with E-state index >= 15 is 0 Å². The molecule has 0 unspecified atom stereocenters. The van der Waals surface area contributed by atoms with Gasteiger partial charge in [0.1, 0.15) is 11.6 Å². The number of anilines is 1. The van der Waals surface area contributed by atoms with E-state index in [1.807, 2.05) is 25.2 Å². The van der Waals surface area contributed by atoms with Crippen LogP contribution in [-0.4, -0.2) is 24.0 Å². The summed E-state index contributed by atoms with van der Waals surface area (Å²) in [6.45, 7) is 1.63. The van der Waals surface area contributed by atoms with Crippen LogP contribution >= 0.6 is 0 Å². The lowest BCUT2D eigenvalue weighted by Crippen LogP contribution is -2.18. The lowest BCUT2D eigenvalue weighted by molar-refractivity contribution is 0.288. The van der Waals surface area contributed by atoms with Gasteiger partial charge in [-0.05, 0) is 25.2 Å². The molecular weight excluding hydrogens is 214 g/mol. The summed E-state index contributed by atoms with van der Waals surface area (Å²) in [5.41, 5.74) is 1.18. The molecular formula is C13H17N3O. The van der Waals surface area contributed by atoms with Crippen molar-refractivity contribution in [3.05, 3.63) is 48.0 Å². The fourth-order valence-corrected chi connectivity index (χ4v) is 1.81. The fourth-order valence-electron chi connectivity index (χ4n) is 1.81. The van der Waals surface area contributed by atoms with Crippen molar-refractivity contribution in [3.8, 4) is 0 Å². The second-order valence-electron chi connectivity index (χ2n) is 4.01. The predicted molar refractivity (Wildman–Crippen MR) is 67.7 cm³/mol. The number of hydrogen-bond donors (Lipinski definition) is 1. The van der Waals surface area contributed by atoms with Crippen molar-refractivity contribution in [2.75, 3.05) is 19.4 Å². The minimum Gasteiger partial charge on any atom is -0.468 e. The molecule has 17 heavy (non-hydrogen) atoms. The van der Waals surface area contributed by atoms with E-state index in [4.69, 9.17) is 4.42 Å². The van der Waals surface area contributed by atoms with Crippen LogP contribution in [0.15, 0.2) is 41.1 Å². The first-order valence-electron chi connectivity index (χ1n) is 5.62. The molecule has 0 saturated carbocycles. The smallest absolute Gasteiger partial charge is 0.130 e. The van der Waals surface area contributed by atoms with Crippen molar-refractivity contribution in [2.45, 2.75) is 13.1 Å². The molecule has 2 heterocycles. The molecule has 0 bridgehead atoms. The van der Waals surface area contributed by atoms with Gasteiger partial charge in [0.15, 0.2) is 0 Å². The van der Waals surface area contributed by atoms with Crippen molar-refractivity contribution in [1.29, 1.82) is 0 Å². The standard InChI is InChI=1S/C13H17N3O/c1-14-13-11(5-3-7-15-13)9-16(2)10-12-6-4-8-17-12/h3-8H,9-10H2,1-2H3,(H,14,15). The Morgan fingerprint density at radius 2 is 2.18 bits per heavy atom. The summed E-state index contributed by atoms with van der Waals surface area (Å²) in [7, 11) is 3.95. The van der Waals surface area contributed by atoms with Crippen LogP contribution in [0.1, 0.15) is 11.3 Å². The molecule has 0 atom stereocenters. The first kappa shape index (κ1) is 11.7. The number of nitrogens with one attached hydrogen (secondary N) is 1. The molecule has 1 N–H and O–H groups in total. The number of pyridine rings is 1. The number of hydrogen-bond acceptors (Lipinski definition) is 4. The molecule has 4 heteroatoms. The van der Waals surface area contributed by atoms with Gasteiger partial charge in [-0.15, -0.1) is 0 Å². The summed E-state index contributed by atoms with van der Waals surface area (Å²) in [5.74, 6) is 1.90. The molecule has 0 radical (unpaired) electrons. The van der Waals surface area contributed by atoms with Crippen molar-refractivity contribution in [2.24, 2.45) is 0 Å². The Balaban J connectivity index is 2.00. The predicted octanol–water partition coefficient (Wildman–Crippen LogP) is 2.35. The van der Waals surface area contributed by atoms with Crippen molar-refractivity contribution in [3.63, 3.8) is 0 Å². The maximum absolute atomic E-state index is 5.33. The lowest BCUT2D eigenvalue weighted by atomic mass is 10.2. The van der Waals surface area contributed by atoms with Gasteiger partial charge in [-0.2, -0.15) is 0 Å². The zero-order valence-electron chi connectivity index (χ0n) is 10.2. The Bertz CT molecular complexity index is 453. The minimum atomic E-state index is 0.797. The Labute approximate surface area is 101 Å². The fraction of sp³-hybridized carbons (Fsp3) is 0.308. The largest absolute Gasteiger partial charge is 0.468 e. The Morgan fingerprint density at radius 1 is 1.29 bits per heavy atom. The Kier molecular flexibility index (Phi) is 3.77. The average Bonchev–Trinajstić information content (AvgIpc) is 2.82. The quantitative estimate of drug-likeness (QED) is 0.857. The second-order valence-corrected chi connectivity index (χ2v) is 4.01. The highest BCUT2D eigenvalue weighted by atomic mass is 16.3. The van der Waals surface area contributed by atoms with Crippen LogP contribution in [-0.2, 0) is 13.1 Å². The third-order valence-electron chi connectivity index (χ3n) is 2.57. The van der Waals surface area contributed by atoms with Gasteiger partial charge in [0, 0.05) is 25.4 Å². The molecule has 2 aromatic heterocycles. The maximum Gasteiger partial charge on any atom is 0.130 e. The summed E-state index contributed by atoms with van der Waals surface area (Å²) in [4.78, 5) is 6.48. The summed E-state index contributed by atoms with van der Waals surface area (Å²) in [6.07, 6.45) is 3.49. The zero-order valence-corrected chi connectivity index (χ0v) is 10.2. The molecule has 4 nitrogen and oxygen atoms in total. The van der Waals surface area contributed by atoms with Crippen LogP contribution in [0.3, 0.4) is 0 Å². The molecule has 0 aliphatic carbocycles. The van der Waals surface area contributed by atoms with E-state index in [1.165, 1.54) is 5.56 Å². The van der Waals surface area contributed by atoms with Crippen LogP contribution in [0.25, 0.3) is 0 Å². The zero-order chi connectivity index (χ0) is 12.1. The van der Waals surface area contributed by atoms with E-state index in [9.17, 15) is 0 Å². The summed E-state index contributed by atoms with van der Waals surface area (Å²) >= 11 is 0. The summed E-state index contributed by atoms with van der Waals surface area (Å²) in [6, 6.07) is 7.93. The molecule has 0 aromatic carbocycles. The van der Waals surface area contributed by atoms with Gasteiger partial charge < -0.3 is 9.73 Å². The molecule has 2 rings (SSSR count). The van der Waals surface area contributed by atoms with Crippen LogP contribution in [0.2, 0.25) is 0 Å². The number of rotatable bonds is 5. The van der Waals surface area contributed by atoms with Gasteiger partial charge in [0.05, 0.1) is 12.8 Å². The van der Waals surface area contributed by atoms with E-state index in [-0.39, 0.29) is 0 Å². The van der Waals surface area contributed by atoms with Crippen LogP contribution in [0.4, 0.5) is 5.82 Å². The van der Waals surface area contributed by atoms with E-state index in [2.05, 4.69) is 28.3 Å². The van der Waals surface area contributed by atoms with Gasteiger partial charge in [0.2, 0.25) is 0 Å². The average molecular weight is 231 g/mol. The van der Waals surface area contributed by atoms with Crippen LogP contribution in [0.5, 0.6) is 0 Å². The highest BCUT2D eigenvalue weighted by Gasteiger charge is 2.07. The van der Waals surface area contributed by atoms with Crippen LogP contribution < -0.4 is 5.32 Å². The highest BCUT2D eigenvalue weighted by Crippen LogP contribution is 2.14. The number of furan rings is 1. The van der Waals surface area contributed by atoms with Gasteiger partial charge in [-0.3, -0.25) is 4.90 Å². The SMILES string of the molecule is CNc1ncccc1CN(C)Cc1ccco1. The van der Waals surface area contributed by atoms with E-state index in [0.717, 1.165) is 24.7 Å². The Hall–Kier alpha value is -1.81. The van der Waals surface area contributed by atoms with Gasteiger partial charge >= 0.3 is 0 Å². The van der Waals surface area contributed by atoms with Crippen molar-refractivity contribution < 1.29 is 4.42 Å². The first-order chi connectivity index (χ1) is 8.29. The lowest BCUT2D eigenvalue weighted by Gasteiger charge is -2.16. The third kappa shape index (κ3) is 3.07. The van der Waals surface area contributed by atoms with E-state index in [1.54, 1.807) is 12.5 Å². The molecule has 0 aliphatic rings. The summed E-state index contributed by atoms with van der Waals surface area (Å²) in [5, 5.41) is 3.10. The maximum atomic E-state index is 5.33. The molecule has 0 fully saturated rings. The highest BCUT2D eigenvalue weighted by molar-refractivity contribution is 5.42. The van der Waals surface area contributed by atoms with Crippen molar-refractivity contribution >= 4 is 5.82 Å². The minimum absolute atomic E-state index is 0.797. The number of aromatic nitrogens is 1. The van der Waals surface area contributed by atoms with Gasteiger partial charge in [0.25, 0.3) is 0 Å². The van der Waals surface area contributed by atoms with Crippen LogP contribution in [0, 0.1) is 0 Å². The normalized spacial score (nSPS) is 10.8. The molecule has 90 valence electrons. The third-order valence-corrected chi connectivity index (χ3v) is 2.57. The number of nitrogens with zero attached hydrogens (tertiary/aromatic N) is 2. The molecule has 0 saturated heterocycles. The van der Waals surface area contributed by atoms with Gasteiger partial charge in [-0.1, -0.05) is 6.07 Å². The monoisotopic (exact) mass is 231 g/mol.